The predicted octanol–water partition coefficient (Wildman–Crippen LogP) is 3.67. The molecule has 3 aromatic rings. The van der Waals surface area contributed by atoms with Crippen molar-refractivity contribution in [2.24, 2.45) is 5.92 Å². The first-order chi connectivity index (χ1) is 11.8. The Hall–Kier alpha value is -2.05. The minimum atomic E-state index is -0.153. The van der Waals surface area contributed by atoms with Crippen LogP contribution in [0.25, 0.3) is 10.4 Å². The summed E-state index contributed by atoms with van der Waals surface area (Å²) in [7, 11) is 0. The van der Waals surface area contributed by atoms with E-state index in [1.54, 1.807) is 23.6 Å². The lowest BCUT2D eigenvalue weighted by atomic mass is 10.1. The van der Waals surface area contributed by atoms with Crippen LogP contribution in [0.3, 0.4) is 0 Å². The third-order valence-corrected chi connectivity index (χ3v) is 5.57. The Labute approximate surface area is 144 Å². The number of thiophene rings is 1. The highest BCUT2D eigenvalue weighted by molar-refractivity contribution is 7.15. The van der Waals surface area contributed by atoms with E-state index in [4.69, 9.17) is 0 Å². The van der Waals surface area contributed by atoms with Crippen LogP contribution in [-0.2, 0) is 13.1 Å². The van der Waals surface area contributed by atoms with Gasteiger partial charge in [0.25, 0.3) is 0 Å². The van der Waals surface area contributed by atoms with E-state index in [0.29, 0.717) is 11.5 Å². The van der Waals surface area contributed by atoms with Gasteiger partial charge in [0.2, 0.25) is 0 Å². The maximum absolute atomic E-state index is 13.9. The van der Waals surface area contributed by atoms with E-state index in [1.807, 2.05) is 29.1 Å². The first kappa shape index (κ1) is 15.5. The maximum atomic E-state index is 13.9. The molecule has 1 fully saturated rings. The second kappa shape index (κ2) is 6.83. The molecule has 24 heavy (non-hydrogen) atoms. The SMILES string of the molecule is Fc1ccccc1-c1ccc(CN2CCC(Cn3ccnn3)C2)s1. The molecule has 1 saturated heterocycles. The second-order valence-corrected chi connectivity index (χ2v) is 7.43. The summed E-state index contributed by atoms with van der Waals surface area (Å²) in [4.78, 5) is 4.76. The average Bonchev–Trinajstić information content (AvgIpc) is 3.32. The number of nitrogens with zero attached hydrogens (tertiary/aromatic N) is 4. The highest BCUT2D eigenvalue weighted by Crippen LogP contribution is 2.31. The Morgan fingerprint density at radius 2 is 2.12 bits per heavy atom. The van der Waals surface area contributed by atoms with E-state index < -0.39 is 0 Å². The topological polar surface area (TPSA) is 34.0 Å². The zero-order chi connectivity index (χ0) is 16.4. The Bertz CT molecular complexity index is 799. The van der Waals surface area contributed by atoms with Gasteiger partial charge < -0.3 is 0 Å². The van der Waals surface area contributed by atoms with Crippen LogP contribution in [0.15, 0.2) is 48.8 Å². The number of halogens is 1. The molecule has 1 unspecified atom stereocenters. The molecule has 1 aliphatic rings. The zero-order valence-electron chi connectivity index (χ0n) is 13.3. The standard InChI is InChI=1S/C18H19FN4S/c19-17-4-2-1-3-16(17)18-6-5-15(24-18)13-22-9-7-14(11-22)12-23-10-8-20-21-23/h1-6,8,10,14H,7,9,11-13H2. The van der Waals surface area contributed by atoms with Crippen LogP contribution in [-0.4, -0.2) is 33.0 Å². The van der Waals surface area contributed by atoms with Gasteiger partial charge in [0, 0.05) is 41.1 Å². The average molecular weight is 342 g/mol. The molecule has 1 atom stereocenters. The smallest absolute Gasteiger partial charge is 0.131 e. The number of aromatic nitrogens is 3. The zero-order valence-corrected chi connectivity index (χ0v) is 14.1. The molecular weight excluding hydrogens is 323 g/mol. The first-order valence-corrected chi connectivity index (χ1v) is 8.99. The highest BCUT2D eigenvalue weighted by atomic mass is 32.1. The van der Waals surface area contributed by atoms with Gasteiger partial charge in [0.15, 0.2) is 0 Å². The van der Waals surface area contributed by atoms with Crippen molar-refractivity contribution >= 4 is 11.3 Å². The van der Waals surface area contributed by atoms with Gasteiger partial charge in [-0.15, -0.1) is 16.4 Å². The largest absolute Gasteiger partial charge is 0.298 e. The fourth-order valence-electron chi connectivity index (χ4n) is 3.29. The van der Waals surface area contributed by atoms with Crippen LogP contribution in [0.5, 0.6) is 0 Å². The van der Waals surface area contributed by atoms with Gasteiger partial charge in [-0.05, 0) is 37.1 Å². The third-order valence-electron chi connectivity index (χ3n) is 4.47. The lowest BCUT2D eigenvalue weighted by molar-refractivity contribution is 0.308. The van der Waals surface area contributed by atoms with Crippen molar-refractivity contribution in [3.8, 4) is 10.4 Å². The third kappa shape index (κ3) is 3.39. The Balaban J connectivity index is 1.37. The normalized spacial score (nSPS) is 18.3. The molecule has 0 N–H and O–H groups in total. The van der Waals surface area contributed by atoms with Gasteiger partial charge in [-0.2, -0.15) is 0 Å². The molecule has 0 spiro atoms. The van der Waals surface area contributed by atoms with Gasteiger partial charge in [0.1, 0.15) is 5.82 Å². The molecule has 3 heterocycles. The summed E-state index contributed by atoms with van der Waals surface area (Å²) in [5, 5.41) is 7.91. The van der Waals surface area contributed by atoms with E-state index in [9.17, 15) is 4.39 Å². The lowest BCUT2D eigenvalue weighted by Gasteiger charge is -2.14. The number of hydrogen-bond acceptors (Lipinski definition) is 4. The van der Waals surface area contributed by atoms with Crippen LogP contribution < -0.4 is 0 Å². The van der Waals surface area contributed by atoms with E-state index in [2.05, 4.69) is 21.3 Å². The molecule has 1 aromatic carbocycles. The molecule has 6 heteroatoms. The van der Waals surface area contributed by atoms with Gasteiger partial charge in [0.05, 0.1) is 6.20 Å². The molecule has 0 radical (unpaired) electrons. The van der Waals surface area contributed by atoms with Crippen LogP contribution in [0.4, 0.5) is 4.39 Å². The second-order valence-electron chi connectivity index (χ2n) is 6.26. The molecule has 1 aliphatic heterocycles. The summed E-state index contributed by atoms with van der Waals surface area (Å²) in [6.07, 6.45) is 4.83. The molecule has 0 saturated carbocycles. The molecule has 4 rings (SSSR count). The van der Waals surface area contributed by atoms with Gasteiger partial charge in [-0.25, -0.2) is 4.39 Å². The van der Waals surface area contributed by atoms with E-state index in [-0.39, 0.29) is 5.82 Å². The van der Waals surface area contributed by atoms with E-state index >= 15 is 0 Å². The maximum Gasteiger partial charge on any atom is 0.131 e. The van der Waals surface area contributed by atoms with Gasteiger partial charge in [-0.3, -0.25) is 9.58 Å². The molecule has 0 bridgehead atoms. The van der Waals surface area contributed by atoms with Crippen molar-refractivity contribution in [3.05, 3.63) is 59.5 Å². The Morgan fingerprint density at radius 3 is 2.96 bits per heavy atom. The van der Waals surface area contributed by atoms with Crippen molar-refractivity contribution in [2.45, 2.75) is 19.5 Å². The summed E-state index contributed by atoms with van der Waals surface area (Å²) in [6.45, 7) is 4.05. The predicted molar refractivity (Wildman–Crippen MR) is 93.1 cm³/mol. The molecule has 2 aromatic heterocycles. The van der Waals surface area contributed by atoms with Crippen LogP contribution in [0.1, 0.15) is 11.3 Å². The minimum Gasteiger partial charge on any atom is -0.298 e. The van der Waals surface area contributed by atoms with Crippen LogP contribution >= 0.6 is 11.3 Å². The fourth-order valence-corrected chi connectivity index (χ4v) is 4.37. The quantitative estimate of drug-likeness (QED) is 0.709. The highest BCUT2D eigenvalue weighted by Gasteiger charge is 2.23. The molecule has 4 nitrogen and oxygen atoms in total. The number of hydrogen-bond donors (Lipinski definition) is 0. The van der Waals surface area contributed by atoms with E-state index in [1.165, 1.54) is 17.4 Å². The summed E-state index contributed by atoms with van der Waals surface area (Å²) < 4.78 is 15.8. The van der Waals surface area contributed by atoms with Gasteiger partial charge in [-0.1, -0.05) is 23.4 Å². The molecular formula is C18H19FN4S. The van der Waals surface area contributed by atoms with Crippen molar-refractivity contribution in [1.82, 2.24) is 19.9 Å². The molecule has 0 aliphatic carbocycles. The summed E-state index contributed by atoms with van der Waals surface area (Å²) in [6, 6.07) is 11.1. The van der Waals surface area contributed by atoms with Crippen molar-refractivity contribution < 1.29 is 4.39 Å². The monoisotopic (exact) mass is 342 g/mol. The number of likely N-dealkylation sites (tertiary alicyclic amines) is 1. The minimum absolute atomic E-state index is 0.153. The Morgan fingerprint density at radius 1 is 1.21 bits per heavy atom. The molecule has 0 amide bonds. The van der Waals surface area contributed by atoms with E-state index in [0.717, 1.165) is 31.1 Å². The number of benzene rings is 1. The fraction of sp³-hybridized carbons (Fsp3) is 0.333. The van der Waals surface area contributed by atoms with Crippen molar-refractivity contribution in [3.63, 3.8) is 0 Å². The summed E-state index contributed by atoms with van der Waals surface area (Å²) in [5.74, 6) is 0.470. The summed E-state index contributed by atoms with van der Waals surface area (Å²) in [5.41, 5.74) is 0.694. The van der Waals surface area contributed by atoms with Crippen LogP contribution in [0, 0.1) is 11.7 Å². The summed E-state index contributed by atoms with van der Waals surface area (Å²) >= 11 is 1.68. The van der Waals surface area contributed by atoms with Crippen LogP contribution in [0.2, 0.25) is 0 Å². The first-order valence-electron chi connectivity index (χ1n) is 8.18. The van der Waals surface area contributed by atoms with Gasteiger partial charge >= 0.3 is 0 Å². The van der Waals surface area contributed by atoms with Crippen molar-refractivity contribution in [1.29, 1.82) is 0 Å². The number of rotatable bonds is 5. The molecule has 124 valence electrons. The lowest BCUT2D eigenvalue weighted by Crippen LogP contribution is -2.21. The Kier molecular flexibility index (Phi) is 4.40. The van der Waals surface area contributed by atoms with Crippen molar-refractivity contribution in [2.75, 3.05) is 13.1 Å².